The van der Waals surface area contributed by atoms with E-state index >= 15 is 0 Å². The lowest BCUT2D eigenvalue weighted by molar-refractivity contribution is 0.0826. The predicted octanol–water partition coefficient (Wildman–Crippen LogP) is 4.61. The topological polar surface area (TPSA) is 97.2 Å². The fraction of sp³-hybridized carbons (Fsp3) is 0.241. The second kappa shape index (κ2) is 10.7. The van der Waals surface area contributed by atoms with Crippen molar-refractivity contribution in [1.29, 1.82) is 0 Å². The first-order valence-corrected chi connectivity index (χ1v) is 13.5. The highest BCUT2D eigenvalue weighted by atomic mass is 32.1. The van der Waals surface area contributed by atoms with E-state index in [0.29, 0.717) is 13.0 Å². The van der Waals surface area contributed by atoms with Gasteiger partial charge < -0.3 is 15.0 Å². The highest BCUT2D eigenvalue weighted by molar-refractivity contribution is 7.20. The van der Waals surface area contributed by atoms with Crippen molar-refractivity contribution in [3.8, 4) is 11.8 Å². The summed E-state index contributed by atoms with van der Waals surface area (Å²) in [6, 6.07) is 18.5. The molecule has 5 aromatic rings. The molecule has 1 saturated heterocycles. The Kier molecular flexibility index (Phi) is 6.84. The highest BCUT2D eigenvalue weighted by Crippen LogP contribution is 2.31. The van der Waals surface area contributed by atoms with E-state index < -0.39 is 0 Å². The van der Waals surface area contributed by atoms with Gasteiger partial charge in [-0.15, -0.1) is 11.3 Å². The molecular weight excluding hydrogens is 510 g/mol. The highest BCUT2D eigenvalue weighted by Gasteiger charge is 2.26. The number of benzene rings is 2. The number of nitrogens with one attached hydrogen (secondary N) is 2. The largest absolute Gasteiger partial charge is 0.445 e. The normalized spacial score (nSPS) is 16.7. The van der Waals surface area contributed by atoms with E-state index in [4.69, 9.17) is 4.74 Å². The molecule has 4 heterocycles. The fourth-order valence-electron chi connectivity index (χ4n) is 4.50. The van der Waals surface area contributed by atoms with Gasteiger partial charge in [-0.3, -0.25) is 10.00 Å². The average Bonchev–Trinajstić information content (AvgIpc) is 3.67. The smallest absolute Gasteiger partial charge is 0.409 e. The number of nitrogens with zero attached hydrogens (tertiary/aromatic N) is 5. The van der Waals surface area contributed by atoms with Crippen LogP contribution in [-0.4, -0.2) is 63.5 Å². The minimum Gasteiger partial charge on any atom is -0.445 e. The zero-order chi connectivity index (χ0) is 26.8. The monoisotopic (exact) mass is 537 g/mol. The zero-order valence-electron chi connectivity index (χ0n) is 21.6. The number of hydrogen-bond donors (Lipinski definition) is 2. The molecule has 2 atom stereocenters. The summed E-state index contributed by atoms with van der Waals surface area (Å²) in [7, 11) is 3.35. The van der Waals surface area contributed by atoms with E-state index in [1.54, 1.807) is 31.8 Å². The van der Waals surface area contributed by atoms with Gasteiger partial charge in [0.15, 0.2) is 5.82 Å². The minimum absolute atomic E-state index is 0.0339. The molecule has 196 valence electrons. The predicted molar refractivity (Wildman–Crippen MR) is 153 cm³/mol. The summed E-state index contributed by atoms with van der Waals surface area (Å²) in [5, 5.41) is 12.4. The molecule has 39 heavy (non-hydrogen) atoms. The van der Waals surface area contributed by atoms with Crippen molar-refractivity contribution in [1.82, 2.24) is 30.0 Å². The second-order valence-corrected chi connectivity index (χ2v) is 10.7. The van der Waals surface area contributed by atoms with Crippen LogP contribution in [0.2, 0.25) is 0 Å². The molecule has 9 nitrogen and oxygen atoms in total. The van der Waals surface area contributed by atoms with E-state index in [-0.39, 0.29) is 18.2 Å². The number of amides is 1. The molecule has 1 amide bonds. The molecule has 0 spiro atoms. The van der Waals surface area contributed by atoms with E-state index in [9.17, 15) is 4.79 Å². The Balaban J connectivity index is 1.16. The Morgan fingerprint density at radius 2 is 2.08 bits per heavy atom. The van der Waals surface area contributed by atoms with Gasteiger partial charge in [0.05, 0.1) is 39.4 Å². The van der Waals surface area contributed by atoms with Crippen LogP contribution in [0.1, 0.15) is 16.9 Å². The Morgan fingerprint density at radius 3 is 2.92 bits per heavy atom. The SMILES string of the molecule is CN(C)C(=O)O[C@@H]1CN[C@@H](C#Cc2cc3ncnc(Nc4ccc5c(cnn5Cc5ccccc5)c4)c3s2)C1. The molecule has 6 rings (SSSR count). The second-order valence-electron chi connectivity index (χ2n) is 9.60. The number of rotatable bonds is 5. The number of ether oxygens (including phenoxy) is 1. The molecule has 1 fully saturated rings. The Labute approximate surface area is 229 Å². The molecule has 2 N–H and O–H groups in total. The van der Waals surface area contributed by atoms with Crippen molar-refractivity contribution < 1.29 is 9.53 Å². The van der Waals surface area contributed by atoms with Crippen LogP contribution >= 0.6 is 11.3 Å². The average molecular weight is 538 g/mol. The lowest BCUT2D eigenvalue weighted by atomic mass is 10.2. The molecular formula is C29H27N7O2S. The van der Waals surface area contributed by atoms with Gasteiger partial charge >= 0.3 is 6.09 Å². The molecule has 0 bridgehead atoms. The molecule has 2 aromatic carbocycles. The molecule has 0 radical (unpaired) electrons. The van der Waals surface area contributed by atoms with Gasteiger partial charge in [-0.25, -0.2) is 14.8 Å². The standard InChI is InChI=1S/C29H27N7O2S/c1-35(2)29(37)38-23-13-21(30-16-23)8-10-24-14-25-27(39-24)28(32-18-31-25)34-22-9-11-26-20(12-22)15-33-36(26)17-19-6-4-3-5-7-19/h3-7,9,11-12,14-15,18,21,23,30H,13,16-17H2,1-2H3,(H,31,32,34)/t21-,23-/m0/s1. The summed E-state index contributed by atoms with van der Waals surface area (Å²) >= 11 is 1.55. The first-order chi connectivity index (χ1) is 19.0. The lowest BCUT2D eigenvalue weighted by Crippen LogP contribution is -2.29. The fourth-order valence-corrected chi connectivity index (χ4v) is 5.42. The summed E-state index contributed by atoms with van der Waals surface area (Å²) in [6.07, 6.45) is 3.60. The van der Waals surface area contributed by atoms with Gasteiger partial charge in [0.25, 0.3) is 0 Å². The minimum atomic E-state index is -0.335. The lowest BCUT2D eigenvalue weighted by Gasteiger charge is -2.15. The van der Waals surface area contributed by atoms with Crippen molar-refractivity contribution in [3.05, 3.63) is 77.6 Å². The molecule has 3 aromatic heterocycles. The molecule has 0 unspecified atom stereocenters. The van der Waals surface area contributed by atoms with Crippen LogP contribution in [0.4, 0.5) is 16.3 Å². The van der Waals surface area contributed by atoms with Gasteiger partial charge in [0.2, 0.25) is 0 Å². The third-order valence-electron chi connectivity index (χ3n) is 6.48. The van der Waals surface area contributed by atoms with Gasteiger partial charge in [0.1, 0.15) is 12.4 Å². The van der Waals surface area contributed by atoms with Gasteiger partial charge in [-0.1, -0.05) is 42.2 Å². The van der Waals surface area contributed by atoms with Crippen LogP contribution in [-0.2, 0) is 11.3 Å². The van der Waals surface area contributed by atoms with Crippen molar-refractivity contribution in [2.75, 3.05) is 26.0 Å². The van der Waals surface area contributed by atoms with Gasteiger partial charge in [-0.05, 0) is 29.8 Å². The summed E-state index contributed by atoms with van der Waals surface area (Å²) in [4.78, 5) is 23.1. The van der Waals surface area contributed by atoms with Crippen LogP contribution in [0.25, 0.3) is 21.1 Å². The maximum Gasteiger partial charge on any atom is 0.409 e. The molecule has 1 aliphatic heterocycles. The van der Waals surface area contributed by atoms with Crippen LogP contribution in [0.3, 0.4) is 0 Å². The van der Waals surface area contributed by atoms with Crippen LogP contribution in [0.5, 0.6) is 0 Å². The van der Waals surface area contributed by atoms with Crippen LogP contribution < -0.4 is 10.6 Å². The van der Waals surface area contributed by atoms with Crippen molar-refractivity contribution in [3.63, 3.8) is 0 Å². The number of carbonyl (C=O) groups is 1. The maximum atomic E-state index is 11.8. The zero-order valence-corrected chi connectivity index (χ0v) is 22.4. The quantitative estimate of drug-likeness (QED) is 0.316. The number of carbonyl (C=O) groups excluding carboxylic acids is 1. The van der Waals surface area contributed by atoms with E-state index in [0.717, 1.165) is 44.0 Å². The molecule has 10 heteroatoms. The van der Waals surface area contributed by atoms with Gasteiger partial charge in [0, 0.05) is 38.1 Å². The van der Waals surface area contributed by atoms with Crippen molar-refractivity contribution in [2.45, 2.75) is 25.1 Å². The van der Waals surface area contributed by atoms with E-state index in [2.05, 4.69) is 61.8 Å². The van der Waals surface area contributed by atoms with Crippen molar-refractivity contribution >= 4 is 50.1 Å². The number of thiophene rings is 1. The molecule has 0 saturated carbocycles. The Hall–Kier alpha value is -4.46. The van der Waals surface area contributed by atoms with E-state index in [1.807, 2.05) is 41.2 Å². The first-order valence-electron chi connectivity index (χ1n) is 12.7. The summed E-state index contributed by atoms with van der Waals surface area (Å²) < 4.78 is 8.41. The Bertz CT molecular complexity index is 1700. The number of fused-ring (bicyclic) bond motifs is 2. The van der Waals surface area contributed by atoms with Crippen LogP contribution in [0.15, 0.2) is 67.1 Å². The maximum absolute atomic E-state index is 11.8. The van der Waals surface area contributed by atoms with Crippen molar-refractivity contribution in [2.24, 2.45) is 0 Å². The van der Waals surface area contributed by atoms with Gasteiger partial charge in [-0.2, -0.15) is 5.10 Å². The third kappa shape index (κ3) is 5.55. The summed E-state index contributed by atoms with van der Waals surface area (Å²) in [6.45, 7) is 1.32. The number of aromatic nitrogens is 4. The van der Waals surface area contributed by atoms with E-state index in [1.165, 1.54) is 10.5 Å². The number of anilines is 2. The third-order valence-corrected chi connectivity index (χ3v) is 7.53. The molecule has 0 aliphatic carbocycles. The summed E-state index contributed by atoms with van der Waals surface area (Å²) in [5.74, 6) is 7.27. The van der Waals surface area contributed by atoms with Crippen LogP contribution in [0, 0.1) is 11.8 Å². The first kappa shape index (κ1) is 24.9. The Morgan fingerprint density at radius 1 is 1.21 bits per heavy atom. The summed E-state index contributed by atoms with van der Waals surface area (Å²) in [5.41, 5.74) is 4.05. The molecule has 1 aliphatic rings. The number of hydrogen-bond acceptors (Lipinski definition) is 8.